The average Bonchev–Trinajstić information content (AvgIpc) is 3.21. The number of aryl methyl sites for hydroxylation is 1. The minimum absolute atomic E-state index is 0.0469. The van der Waals surface area contributed by atoms with Crippen molar-refractivity contribution >= 4 is 22.9 Å². The van der Waals surface area contributed by atoms with Gasteiger partial charge in [0.25, 0.3) is 5.91 Å². The predicted molar refractivity (Wildman–Crippen MR) is 92.5 cm³/mol. The number of anilines is 1. The van der Waals surface area contributed by atoms with Crippen molar-refractivity contribution in [3.05, 3.63) is 29.0 Å². The van der Waals surface area contributed by atoms with E-state index in [4.69, 9.17) is 9.47 Å². The molecule has 134 valence electrons. The maximum absolute atomic E-state index is 12.4. The van der Waals surface area contributed by atoms with Gasteiger partial charge in [-0.3, -0.25) is 14.4 Å². The van der Waals surface area contributed by atoms with E-state index >= 15 is 0 Å². The number of carbonyl (C=O) groups is 1. The van der Waals surface area contributed by atoms with Crippen LogP contribution in [0, 0.1) is 0 Å². The summed E-state index contributed by atoms with van der Waals surface area (Å²) < 4.78 is 13.5. The second-order valence-corrected chi connectivity index (χ2v) is 7.49. The molecule has 1 atom stereocenters. The lowest BCUT2D eigenvalue weighted by atomic mass is 10.0. The van der Waals surface area contributed by atoms with Crippen molar-refractivity contribution in [2.75, 3.05) is 44.4 Å². The highest BCUT2D eigenvalue weighted by atomic mass is 32.1. The molecule has 1 spiro atoms. The van der Waals surface area contributed by atoms with Crippen LogP contribution in [0.25, 0.3) is 0 Å². The van der Waals surface area contributed by atoms with Gasteiger partial charge in [-0.05, 0) is 0 Å². The van der Waals surface area contributed by atoms with Gasteiger partial charge in [0.15, 0.2) is 0 Å². The highest BCUT2D eigenvalue weighted by molar-refractivity contribution is 7.09. The highest BCUT2D eigenvalue weighted by Gasteiger charge is 2.43. The molecule has 0 N–H and O–H groups in total. The number of aromatic nitrogens is 3. The van der Waals surface area contributed by atoms with E-state index in [9.17, 15) is 4.79 Å². The molecule has 0 unspecified atom stereocenters. The molecule has 8 nitrogen and oxygen atoms in total. The van der Waals surface area contributed by atoms with E-state index in [0.29, 0.717) is 26.3 Å². The van der Waals surface area contributed by atoms with Crippen LogP contribution in [-0.4, -0.2) is 70.6 Å². The molecule has 0 aromatic carbocycles. The van der Waals surface area contributed by atoms with Crippen LogP contribution in [0.15, 0.2) is 24.0 Å². The fraction of sp³-hybridized carbons (Fsp3) is 0.562. The molecule has 0 saturated carbocycles. The fourth-order valence-electron chi connectivity index (χ4n) is 3.32. The Bertz CT molecular complexity index is 734. The van der Waals surface area contributed by atoms with Crippen molar-refractivity contribution in [3.8, 4) is 0 Å². The summed E-state index contributed by atoms with van der Waals surface area (Å²) in [5.74, 6) is -0.0469. The van der Waals surface area contributed by atoms with Crippen molar-refractivity contribution in [1.29, 1.82) is 0 Å². The van der Waals surface area contributed by atoms with Gasteiger partial charge in [0.2, 0.25) is 0 Å². The Labute approximate surface area is 150 Å². The number of rotatable bonds is 3. The molecule has 2 aromatic heterocycles. The molecule has 2 aliphatic heterocycles. The summed E-state index contributed by atoms with van der Waals surface area (Å²) in [6, 6.07) is 0. The van der Waals surface area contributed by atoms with E-state index in [-0.39, 0.29) is 12.5 Å². The molecular weight excluding hydrogens is 342 g/mol. The van der Waals surface area contributed by atoms with Gasteiger partial charge in [-0.2, -0.15) is 5.10 Å². The van der Waals surface area contributed by atoms with Gasteiger partial charge in [0, 0.05) is 37.9 Å². The van der Waals surface area contributed by atoms with Crippen LogP contribution in [0.2, 0.25) is 0 Å². The van der Waals surface area contributed by atoms with Gasteiger partial charge in [-0.1, -0.05) is 0 Å². The Morgan fingerprint density at radius 1 is 1.40 bits per heavy atom. The first kappa shape index (κ1) is 16.6. The SMILES string of the molecule is Cn1cc(N2C[C@@]3(COCCN(Cc4nccs4)C3)OCC2=O)cn1. The number of ether oxygens (including phenoxy) is 2. The quantitative estimate of drug-likeness (QED) is 0.791. The summed E-state index contributed by atoms with van der Waals surface area (Å²) >= 11 is 1.65. The molecule has 9 heteroatoms. The van der Waals surface area contributed by atoms with Crippen LogP contribution in [0.3, 0.4) is 0 Å². The highest BCUT2D eigenvalue weighted by Crippen LogP contribution is 2.27. The van der Waals surface area contributed by atoms with Crippen LogP contribution < -0.4 is 4.90 Å². The van der Waals surface area contributed by atoms with Crippen molar-refractivity contribution in [1.82, 2.24) is 19.7 Å². The first-order chi connectivity index (χ1) is 12.1. The first-order valence-electron chi connectivity index (χ1n) is 8.25. The molecule has 0 aliphatic carbocycles. The maximum atomic E-state index is 12.4. The standard InChI is InChI=1S/C16H21N5O3S/c1-19-7-13(6-18-19)21-11-16(24-9-15(21)22)10-20(3-4-23-12-16)8-14-17-2-5-25-14/h2,5-7H,3-4,8-12H2,1H3/t16-/m0/s1. The molecule has 0 radical (unpaired) electrons. The van der Waals surface area contributed by atoms with E-state index in [2.05, 4.69) is 15.0 Å². The Morgan fingerprint density at radius 2 is 2.32 bits per heavy atom. The van der Waals surface area contributed by atoms with Crippen molar-refractivity contribution in [2.24, 2.45) is 7.05 Å². The van der Waals surface area contributed by atoms with Crippen LogP contribution >= 0.6 is 11.3 Å². The number of hydrogen-bond acceptors (Lipinski definition) is 7. The number of amides is 1. The summed E-state index contributed by atoms with van der Waals surface area (Å²) in [6.45, 7) is 3.95. The zero-order valence-corrected chi connectivity index (χ0v) is 14.9. The van der Waals surface area contributed by atoms with Crippen molar-refractivity contribution < 1.29 is 14.3 Å². The molecule has 4 heterocycles. The van der Waals surface area contributed by atoms with E-state index in [0.717, 1.165) is 23.8 Å². The summed E-state index contributed by atoms with van der Waals surface area (Å²) in [4.78, 5) is 20.8. The van der Waals surface area contributed by atoms with Crippen LogP contribution in [0.5, 0.6) is 0 Å². The number of hydrogen-bond donors (Lipinski definition) is 0. The summed E-state index contributed by atoms with van der Waals surface area (Å²) in [5.41, 5.74) is 0.267. The van der Waals surface area contributed by atoms with Gasteiger partial charge in [0.1, 0.15) is 17.2 Å². The Morgan fingerprint density at radius 3 is 3.08 bits per heavy atom. The van der Waals surface area contributed by atoms with Crippen molar-refractivity contribution in [3.63, 3.8) is 0 Å². The van der Waals surface area contributed by atoms with Gasteiger partial charge in [0.05, 0.1) is 38.2 Å². The molecule has 2 aliphatic rings. The molecule has 2 fully saturated rings. The van der Waals surface area contributed by atoms with Gasteiger partial charge >= 0.3 is 0 Å². The normalized spacial score (nSPS) is 25.5. The minimum Gasteiger partial charge on any atom is -0.377 e. The third kappa shape index (κ3) is 3.59. The number of morpholine rings is 1. The van der Waals surface area contributed by atoms with E-state index < -0.39 is 5.60 Å². The lowest BCUT2D eigenvalue weighted by Gasteiger charge is -2.42. The molecular formula is C16H21N5O3S. The van der Waals surface area contributed by atoms with Crippen LogP contribution in [0.4, 0.5) is 5.69 Å². The van der Waals surface area contributed by atoms with Crippen LogP contribution in [-0.2, 0) is 27.9 Å². The maximum Gasteiger partial charge on any atom is 0.253 e. The van der Waals surface area contributed by atoms with Crippen molar-refractivity contribution in [2.45, 2.75) is 12.1 Å². The van der Waals surface area contributed by atoms with Gasteiger partial charge in [-0.25, -0.2) is 4.98 Å². The number of carbonyl (C=O) groups excluding carboxylic acids is 1. The van der Waals surface area contributed by atoms with E-state index in [1.807, 2.05) is 24.8 Å². The molecule has 0 bridgehead atoms. The van der Waals surface area contributed by atoms with Crippen LogP contribution in [0.1, 0.15) is 5.01 Å². The molecule has 1 amide bonds. The zero-order chi connectivity index (χ0) is 17.3. The Balaban J connectivity index is 1.53. The van der Waals surface area contributed by atoms with Gasteiger partial charge in [-0.15, -0.1) is 11.3 Å². The minimum atomic E-state index is -0.530. The second-order valence-electron chi connectivity index (χ2n) is 6.51. The largest absolute Gasteiger partial charge is 0.377 e. The number of thiazole rings is 1. The molecule has 4 rings (SSSR count). The number of nitrogens with zero attached hydrogens (tertiary/aromatic N) is 5. The zero-order valence-electron chi connectivity index (χ0n) is 14.1. The summed E-state index contributed by atoms with van der Waals surface area (Å²) in [5, 5.41) is 7.24. The first-order valence-corrected chi connectivity index (χ1v) is 9.13. The predicted octanol–water partition coefficient (Wildman–Crippen LogP) is 0.511. The summed E-state index contributed by atoms with van der Waals surface area (Å²) in [7, 11) is 1.84. The molecule has 2 aromatic rings. The monoisotopic (exact) mass is 363 g/mol. The Kier molecular flexibility index (Phi) is 4.55. The lowest BCUT2D eigenvalue weighted by Crippen LogP contribution is -2.60. The van der Waals surface area contributed by atoms with E-state index in [1.165, 1.54) is 0 Å². The summed E-state index contributed by atoms with van der Waals surface area (Å²) in [6.07, 6.45) is 5.38. The van der Waals surface area contributed by atoms with E-state index in [1.54, 1.807) is 27.1 Å². The smallest absolute Gasteiger partial charge is 0.253 e. The third-order valence-electron chi connectivity index (χ3n) is 4.52. The average molecular weight is 363 g/mol. The fourth-order valence-corrected chi connectivity index (χ4v) is 3.98. The lowest BCUT2D eigenvalue weighted by molar-refractivity contribution is -0.146. The Hall–Kier alpha value is -1.81. The van der Waals surface area contributed by atoms with Gasteiger partial charge < -0.3 is 14.4 Å². The third-order valence-corrected chi connectivity index (χ3v) is 5.29. The molecule has 2 saturated heterocycles. The second kappa shape index (κ2) is 6.83. The topological polar surface area (TPSA) is 72.7 Å². The molecule has 25 heavy (non-hydrogen) atoms.